The van der Waals surface area contributed by atoms with E-state index in [2.05, 4.69) is 39.4 Å². The smallest absolute Gasteiger partial charge is 0.211 e. The molecule has 1 heterocycles. The van der Waals surface area contributed by atoms with E-state index in [-0.39, 0.29) is 5.75 Å². The molecule has 20 heavy (non-hydrogen) atoms. The number of guanidine groups is 1. The molecule has 0 fully saturated rings. The molecule has 0 aromatic carbocycles. The van der Waals surface area contributed by atoms with Crippen LogP contribution < -0.4 is 15.4 Å². The molecule has 0 saturated carbocycles. The Morgan fingerprint density at radius 2 is 2.05 bits per heavy atom. The van der Waals surface area contributed by atoms with Crippen LogP contribution in [0.3, 0.4) is 0 Å². The summed E-state index contributed by atoms with van der Waals surface area (Å²) in [6, 6.07) is 4.16. The minimum absolute atomic E-state index is 0.0949. The van der Waals surface area contributed by atoms with Gasteiger partial charge in [0.2, 0.25) is 10.0 Å². The summed E-state index contributed by atoms with van der Waals surface area (Å²) < 4.78 is 25.0. The molecule has 0 spiro atoms. The van der Waals surface area contributed by atoms with Crippen molar-refractivity contribution in [2.45, 2.75) is 20.4 Å². The topological polar surface area (TPSA) is 82.6 Å². The summed E-state index contributed by atoms with van der Waals surface area (Å²) in [4.78, 5) is 6.60. The highest BCUT2D eigenvalue weighted by molar-refractivity contribution is 7.89. The first-order chi connectivity index (χ1) is 9.46. The molecule has 1 aromatic heterocycles. The van der Waals surface area contributed by atoms with Gasteiger partial charge in [0.15, 0.2) is 5.96 Å². The lowest BCUT2D eigenvalue weighted by Crippen LogP contribution is -2.41. The first-order valence-electron chi connectivity index (χ1n) is 6.44. The molecule has 0 aliphatic heterocycles. The lowest BCUT2D eigenvalue weighted by Gasteiger charge is -2.11. The molecule has 0 atom stereocenters. The van der Waals surface area contributed by atoms with Gasteiger partial charge in [0, 0.05) is 29.9 Å². The lowest BCUT2D eigenvalue weighted by molar-refractivity contribution is 0.582. The molecule has 0 amide bonds. The van der Waals surface area contributed by atoms with Gasteiger partial charge < -0.3 is 10.6 Å². The van der Waals surface area contributed by atoms with E-state index in [0.29, 0.717) is 25.6 Å². The molecular weight excluding hydrogens is 296 g/mol. The molecule has 0 unspecified atom stereocenters. The van der Waals surface area contributed by atoms with Gasteiger partial charge in [-0.2, -0.15) is 0 Å². The van der Waals surface area contributed by atoms with Gasteiger partial charge in [-0.1, -0.05) is 0 Å². The van der Waals surface area contributed by atoms with Crippen molar-refractivity contribution in [3.63, 3.8) is 0 Å². The minimum Gasteiger partial charge on any atom is -0.355 e. The van der Waals surface area contributed by atoms with E-state index in [1.54, 1.807) is 25.3 Å². The van der Waals surface area contributed by atoms with Gasteiger partial charge in [-0.25, -0.2) is 13.1 Å². The van der Waals surface area contributed by atoms with Crippen molar-refractivity contribution in [2.75, 3.05) is 25.9 Å². The molecule has 0 bridgehead atoms. The van der Waals surface area contributed by atoms with Gasteiger partial charge in [-0.15, -0.1) is 11.3 Å². The highest BCUT2D eigenvalue weighted by Crippen LogP contribution is 2.14. The van der Waals surface area contributed by atoms with Crippen LogP contribution in [0.2, 0.25) is 0 Å². The number of aliphatic imine (C=N–C) groups is 1. The van der Waals surface area contributed by atoms with Crippen LogP contribution in [0.25, 0.3) is 0 Å². The highest BCUT2D eigenvalue weighted by Gasteiger charge is 2.05. The quantitative estimate of drug-likeness (QED) is 0.392. The fraction of sp³-hybridized carbons (Fsp3) is 0.583. The number of thiophene rings is 1. The number of aryl methyl sites for hydroxylation is 1. The largest absolute Gasteiger partial charge is 0.355 e. The third kappa shape index (κ3) is 6.36. The van der Waals surface area contributed by atoms with Crippen molar-refractivity contribution in [3.05, 3.63) is 21.9 Å². The molecule has 0 aliphatic carbocycles. The van der Waals surface area contributed by atoms with Crippen LogP contribution >= 0.6 is 11.3 Å². The normalized spacial score (nSPS) is 12.4. The van der Waals surface area contributed by atoms with Crippen LogP contribution in [0.5, 0.6) is 0 Å². The summed E-state index contributed by atoms with van der Waals surface area (Å²) in [6.45, 7) is 5.22. The summed E-state index contributed by atoms with van der Waals surface area (Å²) in [7, 11) is -1.44. The summed E-state index contributed by atoms with van der Waals surface area (Å²) in [5.41, 5.74) is 0. The molecule has 6 nitrogen and oxygen atoms in total. The van der Waals surface area contributed by atoms with Crippen molar-refractivity contribution in [1.29, 1.82) is 0 Å². The molecule has 3 N–H and O–H groups in total. The molecule has 0 saturated heterocycles. The first-order valence-corrected chi connectivity index (χ1v) is 8.91. The Kier molecular flexibility index (Phi) is 6.97. The van der Waals surface area contributed by atoms with E-state index in [0.717, 1.165) is 0 Å². The maximum absolute atomic E-state index is 11.2. The van der Waals surface area contributed by atoms with Gasteiger partial charge in [-0.3, -0.25) is 4.99 Å². The predicted octanol–water partition coefficient (Wildman–Crippen LogP) is 0.661. The van der Waals surface area contributed by atoms with E-state index in [1.807, 2.05) is 0 Å². The molecular formula is C12H22N4O2S2. The Labute approximate surface area is 124 Å². The molecule has 0 radical (unpaired) electrons. The second-order valence-corrected chi connectivity index (χ2v) is 7.63. The Balaban J connectivity index is 2.27. The van der Waals surface area contributed by atoms with Crippen molar-refractivity contribution >= 4 is 27.3 Å². The van der Waals surface area contributed by atoms with Gasteiger partial charge in [-0.05, 0) is 26.0 Å². The number of rotatable bonds is 7. The second kappa shape index (κ2) is 8.23. The fourth-order valence-corrected chi connectivity index (χ4v) is 2.91. The van der Waals surface area contributed by atoms with Crippen molar-refractivity contribution in [2.24, 2.45) is 4.99 Å². The number of hydrogen-bond donors (Lipinski definition) is 3. The Bertz CT molecular complexity index is 537. The van der Waals surface area contributed by atoms with Gasteiger partial charge in [0.25, 0.3) is 0 Å². The number of sulfonamides is 1. The third-order valence-electron chi connectivity index (χ3n) is 2.57. The Hall–Kier alpha value is -1.12. The van der Waals surface area contributed by atoms with Crippen LogP contribution in [0.1, 0.15) is 16.7 Å². The molecule has 114 valence electrons. The zero-order valence-corrected chi connectivity index (χ0v) is 13.7. The Morgan fingerprint density at radius 3 is 2.60 bits per heavy atom. The Morgan fingerprint density at radius 1 is 1.30 bits per heavy atom. The molecule has 8 heteroatoms. The van der Waals surface area contributed by atoms with Crippen LogP contribution in [0.4, 0.5) is 0 Å². The molecule has 1 rings (SSSR count). The predicted molar refractivity (Wildman–Crippen MR) is 84.7 cm³/mol. The summed E-state index contributed by atoms with van der Waals surface area (Å²) in [5, 5.41) is 6.24. The van der Waals surface area contributed by atoms with Gasteiger partial charge >= 0.3 is 0 Å². The summed E-state index contributed by atoms with van der Waals surface area (Å²) in [5.74, 6) is 0.754. The zero-order valence-electron chi connectivity index (χ0n) is 12.1. The standard InChI is InChI=1S/C12H22N4O2S2/c1-4-20(17,18)16-8-7-14-12(13-3)15-9-11-6-5-10(2)19-11/h5-6,16H,4,7-9H2,1-3H3,(H2,13,14,15). The van der Waals surface area contributed by atoms with E-state index >= 15 is 0 Å². The SMILES string of the molecule is CCS(=O)(=O)NCCNC(=NC)NCc1ccc(C)s1. The average molecular weight is 318 g/mol. The summed E-state index contributed by atoms with van der Waals surface area (Å²) in [6.07, 6.45) is 0. The van der Waals surface area contributed by atoms with E-state index in [9.17, 15) is 8.42 Å². The van der Waals surface area contributed by atoms with Gasteiger partial charge in [0.1, 0.15) is 0 Å². The highest BCUT2D eigenvalue weighted by atomic mass is 32.2. The maximum Gasteiger partial charge on any atom is 0.211 e. The first kappa shape index (κ1) is 16.9. The fourth-order valence-electron chi connectivity index (χ4n) is 1.46. The van der Waals surface area contributed by atoms with Crippen molar-refractivity contribution < 1.29 is 8.42 Å². The minimum atomic E-state index is -3.13. The van der Waals surface area contributed by atoms with Gasteiger partial charge in [0.05, 0.1) is 12.3 Å². The van der Waals surface area contributed by atoms with Crippen molar-refractivity contribution in [1.82, 2.24) is 15.4 Å². The van der Waals surface area contributed by atoms with E-state index in [1.165, 1.54) is 9.75 Å². The number of hydrogen-bond acceptors (Lipinski definition) is 4. The van der Waals surface area contributed by atoms with E-state index < -0.39 is 10.0 Å². The van der Waals surface area contributed by atoms with E-state index in [4.69, 9.17) is 0 Å². The lowest BCUT2D eigenvalue weighted by atomic mass is 10.4. The summed E-state index contributed by atoms with van der Waals surface area (Å²) >= 11 is 1.74. The number of nitrogens with zero attached hydrogens (tertiary/aromatic N) is 1. The average Bonchev–Trinajstić information content (AvgIpc) is 2.84. The van der Waals surface area contributed by atoms with Crippen LogP contribution in [-0.4, -0.2) is 40.3 Å². The third-order valence-corrected chi connectivity index (χ3v) is 4.97. The second-order valence-electron chi connectivity index (χ2n) is 4.16. The zero-order chi connectivity index (χ0) is 15.0. The van der Waals surface area contributed by atoms with Crippen molar-refractivity contribution in [3.8, 4) is 0 Å². The molecule has 0 aliphatic rings. The monoisotopic (exact) mass is 318 g/mol. The van der Waals surface area contributed by atoms with Crippen LogP contribution in [0, 0.1) is 6.92 Å². The molecule has 1 aromatic rings. The van der Waals surface area contributed by atoms with Crippen LogP contribution in [0.15, 0.2) is 17.1 Å². The number of nitrogens with one attached hydrogen (secondary N) is 3. The van der Waals surface area contributed by atoms with Crippen LogP contribution in [-0.2, 0) is 16.6 Å². The maximum atomic E-state index is 11.2.